The van der Waals surface area contributed by atoms with E-state index >= 15 is 0 Å². The van der Waals surface area contributed by atoms with E-state index in [0.29, 0.717) is 21.9 Å². The molecule has 6 heteroatoms. The number of hydrogen-bond donors (Lipinski definition) is 0. The highest BCUT2D eigenvalue weighted by Gasteiger charge is 2.43. The Morgan fingerprint density at radius 2 is 2.00 bits per heavy atom. The minimum atomic E-state index is 0.387. The summed E-state index contributed by atoms with van der Waals surface area (Å²) in [5.74, 6) is 2.17. The number of rotatable bonds is 3. The molecule has 1 spiro atoms. The van der Waals surface area contributed by atoms with Gasteiger partial charge in [0.1, 0.15) is 12.1 Å². The van der Waals surface area contributed by atoms with Crippen LogP contribution in [0.3, 0.4) is 0 Å². The first-order valence-electron chi connectivity index (χ1n) is 8.73. The van der Waals surface area contributed by atoms with Crippen molar-refractivity contribution in [2.75, 3.05) is 38.1 Å². The molecule has 1 aromatic heterocycles. The van der Waals surface area contributed by atoms with Gasteiger partial charge in [0.15, 0.2) is 11.6 Å². The lowest BCUT2D eigenvalue weighted by Crippen LogP contribution is -2.30. The van der Waals surface area contributed by atoms with Crippen LogP contribution in [0.1, 0.15) is 18.4 Å². The fraction of sp³-hybridized carbons (Fsp3) is 0.474. The molecule has 1 unspecified atom stereocenters. The maximum absolute atomic E-state index is 6.38. The number of hydrogen-bond acceptors (Lipinski definition) is 5. The van der Waals surface area contributed by atoms with E-state index in [2.05, 4.69) is 26.8 Å². The molecule has 1 aromatic carbocycles. The number of ether oxygens (including phenoxy) is 1. The highest BCUT2D eigenvalue weighted by Crippen LogP contribution is 2.43. The zero-order valence-electron chi connectivity index (χ0n) is 14.7. The van der Waals surface area contributed by atoms with Crippen molar-refractivity contribution in [3.8, 4) is 11.5 Å². The molecule has 0 bridgehead atoms. The van der Waals surface area contributed by atoms with Gasteiger partial charge >= 0.3 is 0 Å². The largest absolute Gasteiger partial charge is 0.450 e. The van der Waals surface area contributed by atoms with Gasteiger partial charge < -0.3 is 14.5 Å². The lowest BCUT2D eigenvalue weighted by molar-refractivity contribution is 0.311. The first kappa shape index (κ1) is 16.6. The monoisotopic (exact) mass is 358 g/mol. The first-order chi connectivity index (χ1) is 12.1. The van der Waals surface area contributed by atoms with Crippen molar-refractivity contribution in [3.63, 3.8) is 0 Å². The third kappa shape index (κ3) is 3.18. The van der Waals surface area contributed by atoms with Crippen molar-refractivity contribution in [2.45, 2.75) is 19.8 Å². The highest BCUT2D eigenvalue weighted by atomic mass is 35.5. The number of halogens is 1. The second-order valence-electron chi connectivity index (χ2n) is 7.36. The van der Waals surface area contributed by atoms with Gasteiger partial charge in [0.25, 0.3) is 0 Å². The van der Waals surface area contributed by atoms with Crippen LogP contribution in [-0.4, -0.2) is 48.1 Å². The van der Waals surface area contributed by atoms with Crippen molar-refractivity contribution in [2.24, 2.45) is 5.41 Å². The second-order valence-corrected chi connectivity index (χ2v) is 7.74. The molecule has 25 heavy (non-hydrogen) atoms. The quantitative estimate of drug-likeness (QED) is 0.835. The fourth-order valence-electron chi connectivity index (χ4n) is 4.05. The summed E-state index contributed by atoms with van der Waals surface area (Å²) < 4.78 is 6.10. The average Bonchev–Trinajstić information content (AvgIpc) is 3.18. The van der Waals surface area contributed by atoms with E-state index in [1.807, 2.05) is 25.1 Å². The third-order valence-electron chi connectivity index (χ3n) is 5.40. The first-order valence-corrected chi connectivity index (χ1v) is 9.11. The average molecular weight is 359 g/mol. The molecule has 0 aliphatic carbocycles. The molecule has 0 saturated carbocycles. The Kier molecular flexibility index (Phi) is 4.29. The Labute approximate surface area is 153 Å². The molecule has 2 aromatic rings. The SMILES string of the molecule is Cc1cccc(Oc2cncnc2N2CCC3(CCN(C)C3)C2)c1Cl. The summed E-state index contributed by atoms with van der Waals surface area (Å²) in [5.41, 5.74) is 1.38. The molecular weight excluding hydrogens is 336 g/mol. The Morgan fingerprint density at radius 1 is 1.16 bits per heavy atom. The molecule has 2 aliphatic heterocycles. The van der Waals surface area contributed by atoms with Crippen LogP contribution >= 0.6 is 11.6 Å². The second kappa shape index (κ2) is 6.46. The van der Waals surface area contributed by atoms with Crippen molar-refractivity contribution >= 4 is 17.4 Å². The lowest BCUT2D eigenvalue weighted by atomic mass is 9.86. The van der Waals surface area contributed by atoms with Gasteiger partial charge in [-0.3, -0.25) is 0 Å². The van der Waals surface area contributed by atoms with Crippen LogP contribution < -0.4 is 9.64 Å². The Morgan fingerprint density at radius 3 is 2.80 bits per heavy atom. The normalized spacial score (nSPS) is 23.6. The van der Waals surface area contributed by atoms with Crippen LogP contribution in [0.4, 0.5) is 5.82 Å². The molecule has 2 saturated heterocycles. The van der Waals surface area contributed by atoms with E-state index in [9.17, 15) is 0 Å². The number of anilines is 1. The van der Waals surface area contributed by atoms with Crippen LogP contribution in [0.15, 0.2) is 30.7 Å². The van der Waals surface area contributed by atoms with E-state index in [1.165, 1.54) is 19.4 Å². The van der Waals surface area contributed by atoms with Crippen molar-refractivity contribution in [1.29, 1.82) is 0 Å². The van der Waals surface area contributed by atoms with Crippen molar-refractivity contribution in [3.05, 3.63) is 41.3 Å². The number of aromatic nitrogens is 2. The zero-order chi connectivity index (χ0) is 17.4. The van der Waals surface area contributed by atoms with Crippen LogP contribution in [0, 0.1) is 12.3 Å². The summed E-state index contributed by atoms with van der Waals surface area (Å²) >= 11 is 6.38. The summed E-state index contributed by atoms with van der Waals surface area (Å²) in [7, 11) is 2.20. The van der Waals surface area contributed by atoms with Gasteiger partial charge in [-0.15, -0.1) is 0 Å². The summed E-state index contributed by atoms with van der Waals surface area (Å²) in [6.07, 6.45) is 5.77. The van der Waals surface area contributed by atoms with Crippen LogP contribution in [-0.2, 0) is 0 Å². The molecule has 0 amide bonds. The lowest BCUT2D eigenvalue weighted by Gasteiger charge is -2.25. The van der Waals surface area contributed by atoms with Gasteiger partial charge in [-0.05, 0) is 45.0 Å². The molecule has 132 valence electrons. The van der Waals surface area contributed by atoms with E-state index in [0.717, 1.165) is 31.0 Å². The topological polar surface area (TPSA) is 41.5 Å². The summed E-state index contributed by atoms with van der Waals surface area (Å²) in [6, 6.07) is 5.79. The van der Waals surface area contributed by atoms with Gasteiger partial charge in [-0.2, -0.15) is 0 Å². The van der Waals surface area contributed by atoms with Gasteiger partial charge in [0.05, 0.1) is 11.2 Å². The van der Waals surface area contributed by atoms with Crippen LogP contribution in [0.5, 0.6) is 11.5 Å². The maximum atomic E-state index is 6.38. The van der Waals surface area contributed by atoms with Gasteiger partial charge in [-0.25, -0.2) is 9.97 Å². The van der Waals surface area contributed by atoms with Gasteiger partial charge in [0.2, 0.25) is 0 Å². The van der Waals surface area contributed by atoms with E-state index in [-0.39, 0.29) is 0 Å². The van der Waals surface area contributed by atoms with E-state index in [1.54, 1.807) is 12.5 Å². The molecule has 3 heterocycles. The van der Waals surface area contributed by atoms with Gasteiger partial charge in [0, 0.05) is 25.0 Å². The maximum Gasteiger partial charge on any atom is 0.188 e. The molecule has 2 aliphatic rings. The standard InChI is InChI=1S/C19H23ClN4O/c1-14-4-3-5-15(17(14)20)25-16-10-21-13-22-18(16)24-9-7-19(12-24)6-8-23(2)11-19/h3-5,10,13H,6-9,11-12H2,1-2H3. The smallest absolute Gasteiger partial charge is 0.188 e. The third-order valence-corrected chi connectivity index (χ3v) is 5.89. The fourth-order valence-corrected chi connectivity index (χ4v) is 4.21. The van der Waals surface area contributed by atoms with Crippen molar-refractivity contribution < 1.29 is 4.74 Å². The van der Waals surface area contributed by atoms with Crippen LogP contribution in [0.2, 0.25) is 5.02 Å². The van der Waals surface area contributed by atoms with Gasteiger partial charge in [-0.1, -0.05) is 23.7 Å². The van der Waals surface area contributed by atoms with Crippen molar-refractivity contribution in [1.82, 2.24) is 14.9 Å². The molecule has 1 atom stereocenters. The number of aryl methyl sites for hydroxylation is 1. The number of likely N-dealkylation sites (tertiary alicyclic amines) is 1. The Bertz CT molecular complexity index is 784. The molecule has 0 N–H and O–H groups in total. The summed E-state index contributed by atoms with van der Waals surface area (Å²) in [4.78, 5) is 13.4. The summed E-state index contributed by atoms with van der Waals surface area (Å²) in [6.45, 7) is 6.34. The predicted molar refractivity (Wildman–Crippen MR) is 99.7 cm³/mol. The predicted octanol–water partition coefficient (Wildman–Crippen LogP) is 3.76. The Hall–Kier alpha value is -1.85. The minimum Gasteiger partial charge on any atom is -0.450 e. The highest BCUT2D eigenvalue weighted by molar-refractivity contribution is 6.32. The molecule has 0 radical (unpaired) electrons. The number of benzene rings is 1. The van der Waals surface area contributed by atoms with E-state index < -0.39 is 0 Å². The summed E-state index contributed by atoms with van der Waals surface area (Å²) in [5, 5.41) is 0.632. The molecule has 4 rings (SSSR count). The van der Waals surface area contributed by atoms with E-state index in [4.69, 9.17) is 16.3 Å². The number of nitrogens with zero attached hydrogens (tertiary/aromatic N) is 4. The Balaban J connectivity index is 1.59. The molecule has 2 fully saturated rings. The molecular formula is C19H23ClN4O. The zero-order valence-corrected chi connectivity index (χ0v) is 15.5. The van der Waals surface area contributed by atoms with Crippen LogP contribution in [0.25, 0.3) is 0 Å². The minimum absolute atomic E-state index is 0.387. The molecule has 5 nitrogen and oxygen atoms in total.